The Hall–Kier alpha value is -6.62. The molecule has 0 spiro atoms. The number of aromatic amines is 4. The van der Waals surface area contributed by atoms with Gasteiger partial charge in [0.2, 0.25) is 0 Å². The number of morpholine rings is 2. The number of ether oxygens (including phenoxy) is 2. The van der Waals surface area contributed by atoms with Gasteiger partial charge >= 0.3 is 5.20 Å². The highest BCUT2D eigenvalue weighted by molar-refractivity contribution is 8.24. The van der Waals surface area contributed by atoms with Crippen LogP contribution in [0.15, 0.2) is 96.6 Å². The molecule has 11 heterocycles. The highest BCUT2D eigenvalue weighted by atomic mass is 36.0. The second kappa shape index (κ2) is 32.8. The molecule has 6 aromatic heterocycles. The maximum Gasteiger partial charge on any atom is 0.339 e. The summed E-state index contributed by atoms with van der Waals surface area (Å²) in [5.74, 6) is 2.63. The van der Waals surface area contributed by atoms with Crippen molar-refractivity contribution in [3.05, 3.63) is 107 Å². The summed E-state index contributed by atoms with van der Waals surface area (Å²) in [7, 11) is 6.48. The molecule has 7 N–H and O–H groups in total. The lowest BCUT2D eigenvalue weighted by atomic mass is 10.1. The molecule has 0 radical (unpaired) electrons. The second-order valence-corrected chi connectivity index (χ2v) is 29.5. The first-order valence-electron chi connectivity index (χ1n) is 30.5. The minimum atomic E-state index is -3.22. The zero-order valence-electron chi connectivity index (χ0n) is 51.5. The lowest BCUT2D eigenvalue weighted by Gasteiger charge is -2.34. The van der Waals surface area contributed by atoms with Crippen molar-refractivity contribution < 1.29 is 14.0 Å². The van der Waals surface area contributed by atoms with Crippen LogP contribution in [0.2, 0.25) is 5.15 Å². The number of hydrogen-bond acceptors (Lipinski definition) is 22. The smallest absolute Gasteiger partial charge is 0.339 e. The number of anilines is 4. The first-order valence-corrected chi connectivity index (χ1v) is 35.3. The average Bonchev–Trinajstić information content (AvgIpc) is 1.96. The molecule has 0 saturated carbocycles. The molecular weight excluding hydrogens is 1270 g/mol. The minimum absolute atomic E-state index is 0.203. The Balaban J connectivity index is 0.000000137. The summed E-state index contributed by atoms with van der Waals surface area (Å²) >= 11 is 20.0. The normalized spacial score (nSPS) is 17.3. The number of nitrogens with two attached hydrogens (primary N) is 1. The zero-order chi connectivity index (χ0) is 63.7. The Morgan fingerprint density at radius 3 is 1.34 bits per heavy atom. The predicted octanol–water partition coefficient (Wildman–Crippen LogP) is 7.09. The number of imidazole rings is 3. The van der Waals surface area contributed by atoms with Crippen LogP contribution in [0.25, 0.3) is 67.7 Å². The standard InChI is InChI=1S/C22H30N8O.C16H17ClN6.C16H18N6O.C6H14N2O.Cl3OP/c1-28-8-10-30(11-9-28)18-4-2-17(3-5-18)20-26-21(19-22(27-20)25-16-24-19)23-6-7-29-12-14-31-15-13-29;1-22-6-8-23(9-7-22)12-4-2-11(3-5-12)15-20-14(17)13-16(21-15)19-10-18-13;1-21-6-8-22(9-7-21)12-4-2-11(3-5-12)14-19-15-13(16(23)20-14)17-10-18-15;7-1-2-8-3-5-9-6-4-8;1-5(2,3)4/h2-5,16H,6-15H2,1H3,(H2,23,24,25,26,27);2-5,10H,6-9H2,1H3,(H,18,19,20,21);2-5,10H,6-9H2,1H3,(H2,17,18,19,20,23);1-7H2;. The van der Waals surface area contributed by atoms with Crippen molar-refractivity contribution in [3.8, 4) is 34.2 Å². The van der Waals surface area contributed by atoms with Crippen molar-refractivity contribution >= 4 is 107 Å². The SMILES string of the molecule is CN1CCN(c2ccc(-c3nc(Cl)c4[nH]cnc4n3)cc2)CC1.CN1CCN(c2ccc(-c3nc(NCCN4CCOCC4)c4[nH]cnc4n3)cc2)CC1.CN1CCN(c2ccc(-c3nc4nc[nH]c4c(=O)[nH]3)cc2)CC1.NCCN1CCOCC1.O=P(Cl)(Cl)Cl. The van der Waals surface area contributed by atoms with Crippen LogP contribution in [-0.2, 0) is 14.0 Å². The van der Waals surface area contributed by atoms with Gasteiger partial charge in [-0.25, -0.2) is 39.9 Å². The molecule has 26 nitrogen and oxygen atoms in total. The molecule has 486 valence electrons. The van der Waals surface area contributed by atoms with Crippen LogP contribution in [0, 0.1) is 0 Å². The van der Waals surface area contributed by atoms with Crippen molar-refractivity contribution in [2.24, 2.45) is 5.73 Å². The average molecular weight is 1350 g/mol. The van der Waals surface area contributed by atoms with Gasteiger partial charge in [-0.15, -0.1) is 0 Å². The van der Waals surface area contributed by atoms with E-state index in [1.165, 1.54) is 23.4 Å². The van der Waals surface area contributed by atoms with E-state index in [4.69, 9.17) is 31.8 Å². The third kappa shape index (κ3) is 19.5. The molecule has 0 bridgehead atoms. The molecule has 3 aromatic carbocycles. The van der Waals surface area contributed by atoms with Gasteiger partial charge in [-0.3, -0.25) is 19.2 Å². The second-order valence-electron chi connectivity index (χ2n) is 22.5. The largest absolute Gasteiger partial charge is 0.379 e. The van der Waals surface area contributed by atoms with Crippen molar-refractivity contribution in [3.63, 3.8) is 0 Å². The predicted molar refractivity (Wildman–Crippen MR) is 366 cm³/mol. The minimum Gasteiger partial charge on any atom is -0.379 e. The fourth-order valence-electron chi connectivity index (χ4n) is 10.8. The number of likely N-dealkylation sites (N-methyl/N-ethyl adjacent to an activating group) is 3. The Bertz CT molecular complexity index is 3790. The number of H-pyrrole nitrogens is 4. The summed E-state index contributed by atoms with van der Waals surface area (Å²) < 4.78 is 20.1. The number of piperazine rings is 3. The Morgan fingerprint density at radius 1 is 0.505 bits per heavy atom. The van der Waals surface area contributed by atoms with Gasteiger partial charge in [-0.2, -0.15) is 0 Å². The van der Waals surface area contributed by atoms with E-state index in [2.05, 4.69) is 203 Å². The Morgan fingerprint density at radius 2 is 0.890 bits per heavy atom. The first-order chi connectivity index (χ1) is 44.1. The summed E-state index contributed by atoms with van der Waals surface area (Å²) in [4.78, 5) is 78.0. The molecule has 31 heteroatoms. The molecule has 14 rings (SSSR count). The molecule has 0 unspecified atom stereocenters. The van der Waals surface area contributed by atoms with E-state index in [1.54, 1.807) is 12.7 Å². The molecule has 5 saturated heterocycles. The molecule has 0 aliphatic carbocycles. The monoisotopic (exact) mass is 1340 g/mol. The number of aromatic nitrogens is 12. The van der Waals surface area contributed by atoms with E-state index in [0.29, 0.717) is 50.6 Å². The van der Waals surface area contributed by atoms with E-state index >= 15 is 0 Å². The van der Waals surface area contributed by atoms with Gasteiger partial charge in [0.1, 0.15) is 16.9 Å². The maximum atomic E-state index is 12.0. The van der Waals surface area contributed by atoms with Crippen LogP contribution in [0.3, 0.4) is 0 Å². The van der Waals surface area contributed by atoms with E-state index in [-0.39, 0.29) is 5.56 Å². The Kier molecular flexibility index (Phi) is 24.2. The van der Waals surface area contributed by atoms with Crippen molar-refractivity contribution in [1.82, 2.24) is 84.3 Å². The van der Waals surface area contributed by atoms with E-state index in [0.717, 1.165) is 185 Å². The van der Waals surface area contributed by atoms with Crippen molar-refractivity contribution in [2.75, 3.05) is 198 Å². The maximum absolute atomic E-state index is 12.0. The number of nitrogens with zero attached hydrogens (tertiary/aromatic N) is 16. The fourth-order valence-corrected chi connectivity index (χ4v) is 11.0. The topological polar surface area (TPSA) is 283 Å². The lowest BCUT2D eigenvalue weighted by Crippen LogP contribution is -2.44. The van der Waals surface area contributed by atoms with Gasteiger partial charge in [0.15, 0.2) is 45.1 Å². The third-order valence-electron chi connectivity index (χ3n) is 16.2. The van der Waals surface area contributed by atoms with E-state index < -0.39 is 5.20 Å². The van der Waals surface area contributed by atoms with Crippen LogP contribution in [0.1, 0.15) is 0 Å². The number of hydrogen-bond donors (Lipinski definition) is 6. The van der Waals surface area contributed by atoms with Gasteiger partial charge in [0, 0.05) is 165 Å². The van der Waals surface area contributed by atoms with Crippen LogP contribution >= 0.6 is 50.5 Å². The van der Waals surface area contributed by atoms with Gasteiger partial charge < -0.3 is 69.9 Å². The lowest BCUT2D eigenvalue weighted by molar-refractivity contribution is 0.0394. The van der Waals surface area contributed by atoms with E-state index in [1.807, 2.05) is 24.3 Å². The molecule has 0 amide bonds. The number of fused-ring (bicyclic) bond motifs is 3. The number of halogens is 4. The highest BCUT2D eigenvalue weighted by Gasteiger charge is 2.20. The zero-order valence-corrected chi connectivity index (χ0v) is 55.4. The molecule has 0 atom stereocenters. The molecule has 5 aliphatic rings. The summed E-state index contributed by atoms with van der Waals surface area (Å²) in [6.45, 7) is 23.8. The number of benzene rings is 3. The van der Waals surface area contributed by atoms with Crippen LogP contribution in [-0.4, -0.2) is 263 Å². The molecule has 5 fully saturated rings. The first kappa shape index (κ1) is 67.3. The van der Waals surface area contributed by atoms with Crippen molar-refractivity contribution in [1.29, 1.82) is 0 Å². The van der Waals surface area contributed by atoms with Crippen LogP contribution < -0.4 is 31.3 Å². The number of nitrogens with one attached hydrogen (secondary N) is 5. The van der Waals surface area contributed by atoms with Gasteiger partial charge in [-0.05, 0) is 128 Å². The molecular formula is C60H79Cl4N22O4P. The third-order valence-corrected chi connectivity index (χ3v) is 16.5. The molecule has 5 aliphatic heterocycles. The fraction of sp³-hybridized carbons (Fsp3) is 0.450. The summed E-state index contributed by atoms with van der Waals surface area (Å²) in [6.07, 6.45) is 4.73. The Labute approximate surface area is 547 Å². The molecule has 9 aromatic rings. The summed E-state index contributed by atoms with van der Waals surface area (Å²) in [5.41, 5.74) is 15.3. The summed E-state index contributed by atoms with van der Waals surface area (Å²) in [5, 5.41) is 0.653. The van der Waals surface area contributed by atoms with Crippen LogP contribution in [0.5, 0.6) is 0 Å². The van der Waals surface area contributed by atoms with Gasteiger partial charge in [0.25, 0.3) is 5.56 Å². The van der Waals surface area contributed by atoms with Gasteiger partial charge in [0.05, 0.1) is 45.4 Å². The molecule has 91 heavy (non-hydrogen) atoms. The van der Waals surface area contributed by atoms with Gasteiger partial charge in [-0.1, -0.05) is 11.6 Å². The summed E-state index contributed by atoms with van der Waals surface area (Å²) in [6, 6.07) is 25.0. The number of rotatable bonds is 12. The quantitative estimate of drug-likeness (QED) is 0.0526. The van der Waals surface area contributed by atoms with E-state index in [9.17, 15) is 9.36 Å². The van der Waals surface area contributed by atoms with Crippen LogP contribution in [0.4, 0.5) is 22.9 Å². The van der Waals surface area contributed by atoms with Crippen molar-refractivity contribution in [2.45, 2.75) is 0 Å². The highest BCUT2D eigenvalue weighted by Crippen LogP contribution is 2.61.